The zero-order chi connectivity index (χ0) is 17.4. The summed E-state index contributed by atoms with van der Waals surface area (Å²) >= 11 is 0. The van der Waals surface area contributed by atoms with Crippen molar-refractivity contribution in [1.29, 1.82) is 0 Å². The Hall–Kier alpha value is -1.02. The molecule has 0 bridgehead atoms. The van der Waals surface area contributed by atoms with E-state index in [0.29, 0.717) is 11.8 Å². The van der Waals surface area contributed by atoms with Gasteiger partial charge in [0.25, 0.3) is 0 Å². The van der Waals surface area contributed by atoms with Gasteiger partial charge in [-0.1, -0.05) is 52.3 Å². The van der Waals surface area contributed by atoms with E-state index in [1.54, 1.807) is 0 Å². The topological polar surface area (TPSA) is 12.5 Å². The molecule has 2 nitrogen and oxygen atoms in total. The molecule has 1 fully saturated rings. The van der Waals surface area contributed by atoms with Gasteiger partial charge in [-0.15, -0.1) is 0 Å². The van der Waals surface area contributed by atoms with Gasteiger partial charge in [0, 0.05) is 0 Å². The Kier molecular flexibility index (Phi) is 8.11. The Morgan fingerprint density at radius 1 is 0.875 bits per heavy atom. The molecule has 0 atom stereocenters. The predicted molar refractivity (Wildman–Crippen MR) is 104 cm³/mol. The fourth-order valence-corrected chi connectivity index (χ4v) is 3.62. The van der Waals surface area contributed by atoms with Crippen LogP contribution in [0.1, 0.15) is 89.2 Å². The maximum atomic E-state index is 6.27. The number of hydrogen-bond acceptors (Lipinski definition) is 2. The number of hydrogen-bond donors (Lipinski definition) is 0. The molecule has 0 saturated carbocycles. The standard InChI is InChI=1S/C22H37NO/c1-18(2)20-12-11-13-21(19(3)4)22(20)24-17-10-6-9-16-23-14-7-5-8-15-23/h11-13,18-19H,5-10,14-17H2,1-4H3. The van der Waals surface area contributed by atoms with Gasteiger partial charge < -0.3 is 9.64 Å². The molecule has 1 aromatic rings. The van der Waals surface area contributed by atoms with Crippen LogP contribution in [0.25, 0.3) is 0 Å². The molecule has 0 aromatic heterocycles. The van der Waals surface area contributed by atoms with E-state index in [0.717, 1.165) is 18.8 Å². The molecule has 1 aromatic carbocycles. The molecule has 0 amide bonds. The summed E-state index contributed by atoms with van der Waals surface area (Å²) in [5.41, 5.74) is 2.71. The van der Waals surface area contributed by atoms with Crippen molar-refractivity contribution < 1.29 is 4.74 Å². The second kappa shape index (κ2) is 10.1. The number of unbranched alkanes of at least 4 members (excludes halogenated alkanes) is 2. The van der Waals surface area contributed by atoms with Crippen molar-refractivity contribution in [3.8, 4) is 5.75 Å². The monoisotopic (exact) mass is 331 g/mol. The largest absolute Gasteiger partial charge is 0.493 e. The number of rotatable bonds is 9. The summed E-state index contributed by atoms with van der Waals surface area (Å²) in [7, 11) is 0. The van der Waals surface area contributed by atoms with Gasteiger partial charge in [-0.25, -0.2) is 0 Å². The van der Waals surface area contributed by atoms with Crippen molar-refractivity contribution in [2.45, 2.75) is 78.1 Å². The molecule has 1 aliphatic heterocycles. The van der Waals surface area contributed by atoms with E-state index < -0.39 is 0 Å². The minimum Gasteiger partial charge on any atom is -0.493 e. The zero-order valence-electron chi connectivity index (χ0n) is 16.3. The summed E-state index contributed by atoms with van der Waals surface area (Å²) in [4.78, 5) is 2.63. The minimum absolute atomic E-state index is 0.512. The smallest absolute Gasteiger partial charge is 0.126 e. The van der Waals surface area contributed by atoms with Crippen LogP contribution in [-0.2, 0) is 0 Å². The number of ether oxygens (including phenoxy) is 1. The third-order valence-electron chi connectivity index (χ3n) is 5.13. The van der Waals surface area contributed by atoms with Gasteiger partial charge in [0.15, 0.2) is 0 Å². The Balaban J connectivity index is 1.76. The normalized spacial score (nSPS) is 16.1. The molecule has 24 heavy (non-hydrogen) atoms. The van der Waals surface area contributed by atoms with E-state index >= 15 is 0 Å². The van der Waals surface area contributed by atoms with Gasteiger partial charge in [-0.05, 0) is 74.7 Å². The lowest BCUT2D eigenvalue weighted by molar-refractivity contribution is 0.220. The summed E-state index contributed by atoms with van der Waals surface area (Å²) in [6.07, 6.45) is 7.97. The van der Waals surface area contributed by atoms with Crippen LogP contribution in [0.15, 0.2) is 18.2 Å². The van der Waals surface area contributed by atoms with Crippen LogP contribution in [0.3, 0.4) is 0 Å². The van der Waals surface area contributed by atoms with Crippen LogP contribution in [-0.4, -0.2) is 31.1 Å². The van der Waals surface area contributed by atoms with Crippen LogP contribution in [0.2, 0.25) is 0 Å². The predicted octanol–water partition coefficient (Wildman–Crippen LogP) is 5.97. The van der Waals surface area contributed by atoms with E-state index in [2.05, 4.69) is 50.8 Å². The summed E-state index contributed by atoms with van der Waals surface area (Å²) < 4.78 is 6.27. The molecule has 0 spiro atoms. The highest BCUT2D eigenvalue weighted by Crippen LogP contribution is 2.34. The number of para-hydroxylation sites is 1. The van der Waals surface area contributed by atoms with Crippen LogP contribution in [0.4, 0.5) is 0 Å². The number of nitrogens with zero attached hydrogens (tertiary/aromatic N) is 1. The van der Waals surface area contributed by atoms with Gasteiger partial charge in [0.05, 0.1) is 6.61 Å². The molecule has 0 aliphatic carbocycles. The highest BCUT2D eigenvalue weighted by Gasteiger charge is 2.15. The number of likely N-dealkylation sites (tertiary alicyclic amines) is 1. The molecular formula is C22H37NO. The first-order valence-electron chi connectivity index (χ1n) is 10.1. The first kappa shape index (κ1) is 19.3. The van der Waals surface area contributed by atoms with Crippen molar-refractivity contribution >= 4 is 0 Å². The third kappa shape index (κ3) is 5.81. The van der Waals surface area contributed by atoms with Crippen molar-refractivity contribution in [1.82, 2.24) is 4.90 Å². The molecule has 0 unspecified atom stereocenters. The highest BCUT2D eigenvalue weighted by molar-refractivity contribution is 5.44. The van der Waals surface area contributed by atoms with Crippen molar-refractivity contribution in [3.05, 3.63) is 29.3 Å². The fourth-order valence-electron chi connectivity index (χ4n) is 3.62. The fraction of sp³-hybridized carbons (Fsp3) is 0.727. The SMILES string of the molecule is CC(C)c1cccc(C(C)C)c1OCCCCCN1CCCCC1. The van der Waals surface area contributed by atoms with Crippen LogP contribution < -0.4 is 4.74 Å². The lowest BCUT2D eigenvalue weighted by Crippen LogP contribution is -2.30. The second-order valence-electron chi connectivity index (χ2n) is 7.89. The summed E-state index contributed by atoms with van der Waals surface area (Å²) in [6.45, 7) is 13.8. The van der Waals surface area contributed by atoms with Crippen molar-refractivity contribution in [2.24, 2.45) is 0 Å². The average molecular weight is 332 g/mol. The van der Waals surface area contributed by atoms with Crippen LogP contribution >= 0.6 is 0 Å². The Morgan fingerprint density at radius 2 is 1.50 bits per heavy atom. The molecular weight excluding hydrogens is 294 g/mol. The molecule has 1 heterocycles. The molecule has 136 valence electrons. The first-order chi connectivity index (χ1) is 11.6. The summed E-state index contributed by atoms with van der Waals surface area (Å²) in [5, 5.41) is 0. The van der Waals surface area contributed by atoms with Gasteiger partial charge >= 0.3 is 0 Å². The Bertz CT molecular complexity index is 449. The molecule has 1 aliphatic rings. The number of piperidine rings is 1. The van der Waals surface area contributed by atoms with Crippen molar-refractivity contribution in [2.75, 3.05) is 26.2 Å². The van der Waals surface area contributed by atoms with Gasteiger partial charge in [0.2, 0.25) is 0 Å². The maximum Gasteiger partial charge on any atom is 0.126 e. The van der Waals surface area contributed by atoms with Crippen LogP contribution in [0.5, 0.6) is 5.75 Å². The maximum absolute atomic E-state index is 6.27. The lowest BCUT2D eigenvalue weighted by atomic mass is 9.94. The summed E-state index contributed by atoms with van der Waals surface area (Å²) in [5.74, 6) is 2.18. The van der Waals surface area contributed by atoms with E-state index in [-0.39, 0.29) is 0 Å². The Morgan fingerprint density at radius 3 is 2.08 bits per heavy atom. The summed E-state index contributed by atoms with van der Waals surface area (Å²) in [6, 6.07) is 6.63. The molecule has 2 heteroatoms. The quantitative estimate of drug-likeness (QED) is 0.517. The minimum atomic E-state index is 0.512. The van der Waals surface area contributed by atoms with Crippen LogP contribution in [0, 0.1) is 0 Å². The van der Waals surface area contributed by atoms with E-state index in [4.69, 9.17) is 4.74 Å². The van der Waals surface area contributed by atoms with Gasteiger partial charge in [-0.3, -0.25) is 0 Å². The first-order valence-corrected chi connectivity index (χ1v) is 10.1. The van der Waals surface area contributed by atoms with E-state index in [1.807, 2.05) is 0 Å². The van der Waals surface area contributed by atoms with Gasteiger partial charge in [-0.2, -0.15) is 0 Å². The second-order valence-corrected chi connectivity index (χ2v) is 7.89. The molecule has 0 radical (unpaired) electrons. The molecule has 2 rings (SSSR count). The molecule has 1 saturated heterocycles. The molecule has 0 N–H and O–H groups in total. The zero-order valence-corrected chi connectivity index (χ0v) is 16.3. The Labute approximate surface area is 149 Å². The third-order valence-corrected chi connectivity index (χ3v) is 5.13. The lowest BCUT2D eigenvalue weighted by Gasteiger charge is -2.26. The van der Waals surface area contributed by atoms with E-state index in [1.165, 1.54) is 62.9 Å². The van der Waals surface area contributed by atoms with Gasteiger partial charge in [0.1, 0.15) is 5.75 Å². The number of benzene rings is 1. The van der Waals surface area contributed by atoms with E-state index in [9.17, 15) is 0 Å². The highest BCUT2D eigenvalue weighted by atomic mass is 16.5. The van der Waals surface area contributed by atoms with Crippen molar-refractivity contribution in [3.63, 3.8) is 0 Å². The average Bonchev–Trinajstić information content (AvgIpc) is 2.58.